The maximum atomic E-state index is 13.6. The van der Waals surface area contributed by atoms with E-state index in [2.05, 4.69) is 0 Å². The van der Waals surface area contributed by atoms with Gasteiger partial charge in [0, 0.05) is 5.02 Å². The van der Waals surface area contributed by atoms with Gasteiger partial charge in [-0.1, -0.05) is 72.3 Å². The van der Waals surface area contributed by atoms with Crippen molar-refractivity contribution in [1.82, 2.24) is 0 Å². The molecule has 2 heterocycles. The second-order valence-electron chi connectivity index (χ2n) is 7.48. The fourth-order valence-electron chi connectivity index (χ4n) is 3.68. The maximum absolute atomic E-state index is 13.6. The van der Waals surface area contributed by atoms with Gasteiger partial charge in [0.1, 0.15) is 11.7 Å². The van der Waals surface area contributed by atoms with Gasteiger partial charge in [0.05, 0.1) is 11.6 Å². The van der Waals surface area contributed by atoms with Gasteiger partial charge in [0.25, 0.3) is 0 Å². The Morgan fingerprint density at radius 2 is 1.53 bits per heavy atom. The van der Waals surface area contributed by atoms with Crippen molar-refractivity contribution in [3.05, 3.63) is 123 Å². The van der Waals surface area contributed by atoms with Crippen LogP contribution in [0.5, 0.6) is 5.75 Å². The number of hydrogen-bond acceptors (Lipinski definition) is 4. The van der Waals surface area contributed by atoms with Gasteiger partial charge in [-0.3, -0.25) is 4.79 Å². The van der Waals surface area contributed by atoms with Crippen molar-refractivity contribution in [3.8, 4) is 17.3 Å². The second-order valence-corrected chi connectivity index (χ2v) is 7.89. The molecule has 0 radical (unpaired) electrons. The van der Waals surface area contributed by atoms with Gasteiger partial charge in [-0.15, -0.1) is 0 Å². The number of ether oxygens (including phenoxy) is 1. The third-order valence-corrected chi connectivity index (χ3v) is 5.72. The molecule has 4 nitrogen and oxygen atoms in total. The first kappa shape index (κ1) is 20.2. The average molecular weight is 443 g/mol. The van der Waals surface area contributed by atoms with Gasteiger partial charge in [0.2, 0.25) is 16.9 Å². The molecule has 158 valence electrons. The Balaban J connectivity index is 1.74. The molecule has 3 aromatic carbocycles. The Morgan fingerprint density at radius 1 is 0.875 bits per heavy atom. The Bertz CT molecular complexity index is 1380. The largest absolute Gasteiger partial charge is 0.473 e. The van der Waals surface area contributed by atoms with E-state index in [0.29, 0.717) is 21.8 Å². The average Bonchev–Trinajstić information content (AvgIpc) is 3.36. The zero-order valence-electron chi connectivity index (χ0n) is 17.2. The highest BCUT2D eigenvalue weighted by Crippen LogP contribution is 2.36. The predicted molar refractivity (Wildman–Crippen MR) is 125 cm³/mol. The van der Waals surface area contributed by atoms with Crippen LogP contribution in [0.1, 0.15) is 22.8 Å². The summed E-state index contributed by atoms with van der Waals surface area (Å²) in [6, 6.07) is 26.3. The molecule has 0 saturated heterocycles. The van der Waals surface area contributed by atoms with E-state index >= 15 is 0 Å². The van der Waals surface area contributed by atoms with E-state index in [-0.39, 0.29) is 16.9 Å². The molecule has 0 aliphatic carbocycles. The molecule has 5 heteroatoms. The predicted octanol–water partition coefficient (Wildman–Crippen LogP) is 7.18. The molecule has 0 N–H and O–H groups in total. The molecule has 0 amide bonds. The van der Waals surface area contributed by atoms with E-state index in [4.69, 9.17) is 25.2 Å². The first-order valence-electron chi connectivity index (χ1n) is 10.2. The zero-order valence-corrected chi connectivity index (χ0v) is 18.0. The Morgan fingerprint density at radius 3 is 2.12 bits per heavy atom. The molecule has 0 spiro atoms. The summed E-state index contributed by atoms with van der Waals surface area (Å²) >= 11 is 6.31. The van der Waals surface area contributed by atoms with Crippen LogP contribution < -0.4 is 10.2 Å². The lowest BCUT2D eigenvalue weighted by Crippen LogP contribution is -2.16. The van der Waals surface area contributed by atoms with Crippen LogP contribution in [0.2, 0.25) is 5.02 Å². The molecular formula is C27H19ClO4. The van der Waals surface area contributed by atoms with Gasteiger partial charge in [-0.05, 0) is 47.9 Å². The normalized spacial score (nSPS) is 11.2. The number of furan rings is 1. The van der Waals surface area contributed by atoms with Crippen molar-refractivity contribution in [2.75, 3.05) is 0 Å². The number of benzene rings is 3. The lowest BCUT2D eigenvalue weighted by Gasteiger charge is -2.21. The molecule has 2 aromatic heterocycles. The molecule has 0 bridgehead atoms. The molecular weight excluding hydrogens is 424 g/mol. The van der Waals surface area contributed by atoms with E-state index in [9.17, 15) is 4.79 Å². The first-order valence-corrected chi connectivity index (χ1v) is 10.6. The third kappa shape index (κ3) is 3.70. The number of rotatable bonds is 5. The van der Waals surface area contributed by atoms with E-state index in [1.165, 1.54) is 6.26 Å². The quantitative estimate of drug-likeness (QED) is 0.289. The maximum Gasteiger partial charge on any atom is 0.235 e. The number of halogens is 1. The molecule has 32 heavy (non-hydrogen) atoms. The van der Waals surface area contributed by atoms with Crippen LogP contribution in [0.15, 0.2) is 105 Å². The summed E-state index contributed by atoms with van der Waals surface area (Å²) in [5.41, 5.74) is 2.74. The van der Waals surface area contributed by atoms with Crippen LogP contribution in [0.3, 0.4) is 0 Å². The molecule has 0 saturated carbocycles. The minimum absolute atomic E-state index is 0.0741. The zero-order chi connectivity index (χ0) is 22.1. The summed E-state index contributed by atoms with van der Waals surface area (Å²) in [6.45, 7) is 1.86. The lowest BCUT2D eigenvalue weighted by molar-refractivity contribution is 0.240. The fourth-order valence-corrected chi connectivity index (χ4v) is 3.84. The fraction of sp³-hybridized carbons (Fsp3) is 0.0741. The van der Waals surface area contributed by atoms with Crippen LogP contribution in [-0.2, 0) is 0 Å². The minimum atomic E-state index is -0.521. The second kappa shape index (κ2) is 8.40. The molecule has 0 aliphatic heterocycles. The van der Waals surface area contributed by atoms with Crippen molar-refractivity contribution in [3.63, 3.8) is 0 Å². The minimum Gasteiger partial charge on any atom is -0.473 e. The van der Waals surface area contributed by atoms with Crippen molar-refractivity contribution < 1.29 is 13.6 Å². The summed E-state index contributed by atoms with van der Waals surface area (Å²) in [4.78, 5) is 13.6. The Hall–Kier alpha value is -3.76. The Kier molecular flexibility index (Phi) is 5.29. The van der Waals surface area contributed by atoms with Gasteiger partial charge < -0.3 is 13.6 Å². The highest BCUT2D eigenvalue weighted by atomic mass is 35.5. The SMILES string of the molecule is Cc1cc2oc(-c3ccco3)c(OC(c3ccccc3)c3ccccc3)c(=O)c2cc1Cl. The van der Waals surface area contributed by atoms with Crippen molar-refractivity contribution in [1.29, 1.82) is 0 Å². The van der Waals surface area contributed by atoms with Crippen LogP contribution in [-0.4, -0.2) is 0 Å². The van der Waals surface area contributed by atoms with Gasteiger partial charge in [-0.2, -0.15) is 0 Å². The van der Waals surface area contributed by atoms with Gasteiger partial charge in [-0.25, -0.2) is 0 Å². The number of fused-ring (bicyclic) bond motifs is 1. The van der Waals surface area contributed by atoms with Crippen molar-refractivity contribution in [2.24, 2.45) is 0 Å². The monoisotopic (exact) mass is 442 g/mol. The highest BCUT2D eigenvalue weighted by Gasteiger charge is 2.25. The molecule has 5 aromatic rings. The van der Waals surface area contributed by atoms with Crippen LogP contribution in [0, 0.1) is 6.92 Å². The first-order chi connectivity index (χ1) is 15.6. The van der Waals surface area contributed by atoms with Gasteiger partial charge in [0.15, 0.2) is 5.76 Å². The topological polar surface area (TPSA) is 52.6 Å². The summed E-state index contributed by atoms with van der Waals surface area (Å²) in [5.74, 6) is 0.725. The van der Waals surface area contributed by atoms with Crippen molar-refractivity contribution >= 4 is 22.6 Å². The number of hydrogen-bond donors (Lipinski definition) is 0. The summed E-state index contributed by atoms with van der Waals surface area (Å²) in [7, 11) is 0. The third-order valence-electron chi connectivity index (χ3n) is 5.32. The number of aryl methyl sites for hydroxylation is 1. The van der Waals surface area contributed by atoms with E-state index in [0.717, 1.165) is 16.7 Å². The molecule has 0 fully saturated rings. The summed E-state index contributed by atoms with van der Waals surface area (Å²) < 4.78 is 18.2. The van der Waals surface area contributed by atoms with E-state index in [1.807, 2.05) is 67.6 Å². The Labute approximate surface area is 189 Å². The van der Waals surface area contributed by atoms with E-state index in [1.54, 1.807) is 24.3 Å². The van der Waals surface area contributed by atoms with Crippen LogP contribution >= 0.6 is 11.6 Å². The van der Waals surface area contributed by atoms with E-state index < -0.39 is 6.10 Å². The summed E-state index contributed by atoms with van der Waals surface area (Å²) in [5, 5.41) is 0.843. The molecule has 0 aliphatic rings. The van der Waals surface area contributed by atoms with Crippen LogP contribution in [0.25, 0.3) is 22.5 Å². The molecule has 5 rings (SSSR count). The smallest absolute Gasteiger partial charge is 0.235 e. The van der Waals surface area contributed by atoms with Crippen molar-refractivity contribution in [2.45, 2.75) is 13.0 Å². The lowest BCUT2D eigenvalue weighted by atomic mass is 10.0. The standard InChI is InChI=1S/C27H19ClO4/c1-17-15-23-20(16-21(17)28)24(29)27(26(31-23)22-13-8-14-30-22)32-25(18-9-4-2-5-10-18)19-11-6-3-7-12-19/h2-16,25H,1H3. The van der Waals surface area contributed by atoms with Crippen LogP contribution in [0.4, 0.5) is 0 Å². The van der Waals surface area contributed by atoms with Gasteiger partial charge >= 0.3 is 0 Å². The molecule has 0 atom stereocenters. The summed E-state index contributed by atoms with van der Waals surface area (Å²) in [6.07, 6.45) is 1.01. The molecule has 0 unspecified atom stereocenters. The highest BCUT2D eigenvalue weighted by molar-refractivity contribution is 6.32.